The molecule has 2 rings (SSSR count). The van der Waals surface area contributed by atoms with Gasteiger partial charge in [0.15, 0.2) is 0 Å². The second-order valence-electron chi connectivity index (χ2n) is 4.71. The van der Waals surface area contributed by atoms with Gasteiger partial charge in [-0.05, 0) is 37.4 Å². The Morgan fingerprint density at radius 2 is 2.31 bits per heavy atom. The van der Waals surface area contributed by atoms with Gasteiger partial charge in [0.1, 0.15) is 5.69 Å². The number of nitrogens with zero attached hydrogens (tertiary/aromatic N) is 1. The first-order chi connectivity index (χ1) is 7.70. The van der Waals surface area contributed by atoms with Gasteiger partial charge < -0.3 is 10.6 Å². The maximum Gasteiger partial charge on any atom is 0.269 e. The Kier molecular flexibility index (Phi) is 3.24. The average molecular weight is 222 g/mol. The maximum atomic E-state index is 11.7. The predicted molar refractivity (Wildman–Crippen MR) is 61.1 cm³/mol. The van der Waals surface area contributed by atoms with Crippen molar-refractivity contribution in [2.45, 2.75) is 19.8 Å². The third kappa shape index (κ3) is 2.61. The van der Waals surface area contributed by atoms with Crippen LogP contribution in [0.4, 0.5) is 0 Å². The number of rotatable bonds is 3. The fourth-order valence-electron chi connectivity index (χ4n) is 1.98. The van der Waals surface area contributed by atoms with Crippen LogP contribution in [0.15, 0.2) is 12.3 Å². The van der Waals surface area contributed by atoms with E-state index in [0.717, 1.165) is 32.5 Å². The molecule has 1 aliphatic heterocycles. The lowest BCUT2D eigenvalue weighted by Gasteiger charge is -2.34. The summed E-state index contributed by atoms with van der Waals surface area (Å²) in [4.78, 5) is 11.7. The van der Waals surface area contributed by atoms with Crippen LogP contribution in [0.2, 0.25) is 0 Å². The molecule has 0 radical (unpaired) electrons. The van der Waals surface area contributed by atoms with Crippen molar-refractivity contribution in [3.8, 4) is 0 Å². The lowest BCUT2D eigenvalue weighted by molar-refractivity contribution is 0.0917. The fourth-order valence-corrected chi connectivity index (χ4v) is 1.98. The molecule has 3 N–H and O–H groups in total. The molecule has 0 aliphatic carbocycles. The van der Waals surface area contributed by atoms with Gasteiger partial charge in [-0.25, -0.2) is 0 Å². The molecule has 0 spiro atoms. The van der Waals surface area contributed by atoms with Gasteiger partial charge in [-0.2, -0.15) is 5.10 Å². The summed E-state index contributed by atoms with van der Waals surface area (Å²) in [6.45, 7) is 5.03. The van der Waals surface area contributed by atoms with Crippen molar-refractivity contribution in [3.63, 3.8) is 0 Å². The van der Waals surface area contributed by atoms with Gasteiger partial charge >= 0.3 is 0 Å². The zero-order valence-electron chi connectivity index (χ0n) is 9.55. The minimum atomic E-state index is -0.0720. The monoisotopic (exact) mass is 222 g/mol. The number of amides is 1. The van der Waals surface area contributed by atoms with E-state index in [0.29, 0.717) is 5.69 Å². The normalized spacial score (nSPS) is 19.3. The molecule has 1 amide bonds. The molecule has 5 nitrogen and oxygen atoms in total. The highest BCUT2D eigenvalue weighted by atomic mass is 16.1. The molecule has 0 unspecified atom stereocenters. The Morgan fingerprint density at radius 1 is 1.56 bits per heavy atom. The van der Waals surface area contributed by atoms with E-state index in [1.807, 2.05) is 0 Å². The molecule has 0 atom stereocenters. The summed E-state index contributed by atoms with van der Waals surface area (Å²) in [6.07, 6.45) is 3.80. The molecule has 1 aromatic rings. The van der Waals surface area contributed by atoms with Crippen molar-refractivity contribution in [1.29, 1.82) is 0 Å². The van der Waals surface area contributed by atoms with E-state index in [4.69, 9.17) is 0 Å². The average Bonchev–Trinajstić information content (AvgIpc) is 2.80. The van der Waals surface area contributed by atoms with E-state index in [1.54, 1.807) is 12.3 Å². The van der Waals surface area contributed by atoms with Crippen LogP contribution < -0.4 is 10.6 Å². The summed E-state index contributed by atoms with van der Waals surface area (Å²) in [6, 6.07) is 1.68. The number of carbonyl (C=O) groups excluding carboxylic acids is 1. The maximum absolute atomic E-state index is 11.7. The first-order valence-corrected chi connectivity index (χ1v) is 5.68. The molecule has 0 saturated carbocycles. The van der Waals surface area contributed by atoms with Crippen LogP contribution >= 0.6 is 0 Å². The molecule has 0 aromatic carbocycles. The number of carbonyl (C=O) groups is 1. The highest BCUT2D eigenvalue weighted by Gasteiger charge is 2.27. The molecule has 0 bridgehead atoms. The van der Waals surface area contributed by atoms with Crippen molar-refractivity contribution in [2.75, 3.05) is 19.6 Å². The molecule has 1 fully saturated rings. The van der Waals surface area contributed by atoms with Gasteiger partial charge in [0.05, 0.1) is 0 Å². The van der Waals surface area contributed by atoms with Crippen molar-refractivity contribution in [2.24, 2.45) is 5.41 Å². The van der Waals surface area contributed by atoms with Crippen LogP contribution in [0.3, 0.4) is 0 Å². The number of aromatic amines is 1. The highest BCUT2D eigenvalue weighted by Crippen LogP contribution is 2.26. The largest absolute Gasteiger partial charge is 0.350 e. The van der Waals surface area contributed by atoms with E-state index in [1.165, 1.54) is 0 Å². The first-order valence-electron chi connectivity index (χ1n) is 5.68. The van der Waals surface area contributed by atoms with Crippen LogP contribution in [-0.2, 0) is 0 Å². The van der Waals surface area contributed by atoms with Crippen molar-refractivity contribution in [1.82, 2.24) is 20.8 Å². The minimum absolute atomic E-state index is 0.0720. The van der Waals surface area contributed by atoms with Gasteiger partial charge in [-0.3, -0.25) is 9.89 Å². The molecule has 1 aliphatic rings. The second kappa shape index (κ2) is 4.65. The van der Waals surface area contributed by atoms with Crippen LogP contribution in [0.1, 0.15) is 30.3 Å². The third-order valence-electron chi connectivity index (χ3n) is 3.23. The van der Waals surface area contributed by atoms with Crippen LogP contribution in [0.25, 0.3) is 0 Å². The van der Waals surface area contributed by atoms with E-state index in [9.17, 15) is 4.79 Å². The van der Waals surface area contributed by atoms with Gasteiger partial charge in [0.25, 0.3) is 5.91 Å². The Labute approximate surface area is 95.0 Å². The van der Waals surface area contributed by atoms with Crippen LogP contribution in [0.5, 0.6) is 0 Å². The SMILES string of the molecule is CC1(CNC(=O)c2ccn[nH]2)CCNCC1. The number of hydrogen-bond acceptors (Lipinski definition) is 3. The van der Waals surface area contributed by atoms with Gasteiger partial charge in [-0.15, -0.1) is 0 Å². The topological polar surface area (TPSA) is 69.8 Å². The highest BCUT2D eigenvalue weighted by molar-refractivity contribution is 5.92. The Balaban J connectivity index is 1.84. The zero-order valence-corrected chi connectivity index (χ0v) is 9.55. The molecular weight excluding hydrogens is 204 g/mol. The molecule has 5 heteroatoms. The molecular formula is C11H18N4O. The molecule has 2 heterocycles. The van der Waals surface area contributed by atoms with Gasteiger partial charge in [0, 0.05) is 12.7 Å². The molecule has 1 aromatic heterocycles. The minimum Gasteiger partial charge on any atom is -0.350 e. The van der Waals surface area contributed by atoms with E-state index < -0.39 is 0 Å². The summed E-state index contributed by atoms with van der Waals surface area (Å²) in [5.41, 5.74) is 0.749. The van der Waals surface area contributed by atoms with Crippen molar-refractivity contribution < 1.29 is 4.79 Å². The summed E-state index contributed by atoms with van der Waals surface area (Å²) >= 11 is 0. The number of hydrogen-bond donors (Lipinski definition) is 3. The van der Waals surface area contributed by atoms with Crippen molar-refractivity contribution >= 4 is 5.91 Å². The first kappa shape index (κ1) is 11.1. The van der Waals surface area contributed by atoms with E-state index in [2.05, 4.69) is 27.8 Å². The summed E-state index contributed by atoms with van der Waals surface area (Å²) in [7, 11) is 0. The fraction of sp³-hybridized carbons (Fsp3) is 0.636. The lowest BCUT2D eigenvalue weighted by atomic mass is 9.81. The Morgan fingerprint density at radius 3 is 2.94 bits per heavy atom. The van der Waals surface area contributed by atoms with Gasteiger partial charge in [-0.1, -0.05) is 6.92 Å². The smallest absolute Gasteiger partial charge is 0.269 e. The summed E-state index contributed by atoms with van der Waals surface area (Å²) < 4.78 is 0. The van der Waals surface area contributed by atoms with E-state index in [-0.39, 0.29) is 11.3 Å². The van der Waals surface area contributed by atoms with Crippen molar-refractivity contribution in [3.05, 3.63) is 18.0 Å². The van der Waals surface area contributed by atoms with Gasteiger partial charge in [0.2, 0.25) is 0 Å². The second-order valence-corrected chi connectivity index (χ2v) is 4.71. The summed E-state index contributed by atoms with van der Waals surface area (Å²) in [5.74, 6) is -0.0720. The molecule has 1 saturated heterocycles. The number of piperidine rings is 1. The zero-order chi connectivity index (χ0) is 11.4. The van der Waals surface area contributed by atoms with Crippen LogP contribution in [-0.4, -0.2) is 35.7 Å². The molecule has 88 valence electrons. The Hall–Kier alpha value is -1.36. The predicted octanol–water partition coefficient (Wildman–Crippen LogP) is 0.529. The molecule has 16 heavy (non-hydrogen) atoms. The lowest BCUT2D eigenvalue weighted by Crippen LogP contribution is -2.42. The quantitative estimate of drug-likeness (QED) is 0.698. The standard InChI is InChI=1S/C11H18N4O/c1-11(3-6-12-7-4-11)8-13-10(16)9-2-5-14-15-9/h2,5,12H,3-4,6-8H2,1H3,(H,13,16)(H,14,15). The third-order valence-corrected chi connectivity index (χ3v) is 3.23. The number of nitrogens with one attached hydrogen (secondary N) is 3. The Bertz CT molecular complexity index is 341. The van der Waals surface area contributed by atoms with E-state index >= 15 is 0 Å². The summed E-state index contributed by atoms with van der Waals surface area (Å²) in [5, 5.41) is 12.7. The number of H-pyrrole nitrogens is 1. The van der Waals surface area contributed by atoms with Crippen LogP contribution in [0, 0.1) is 5.41 Å². The number of aromatic nitrogens is 2.